The Balaban J connectivity index is 1.35. The SMILES string of the molecule is CCOC(=O)c1cnc2c(-c3nc4cc(F)c(O[C@@H](C)[C@@H](C)OC(=O)Nc5cnc(C)nc5)cc4s3)cc(C)cc2n1. The molecule has 1 N–H and O–H groups in total. The van der Waals surface area contributed by atoms with Gasteiger partial charge in [0.15, 0.2) is 17.3 Å². The molecule has 0 saturated heterocycles. The highest BCUT2D eigenvalue weighted by molar-refractivity contribution is 7.21. The van der Waals surface area contributed by atoms with E-state index >= 15 is 4.39 Å². The number of fused-ring (bicyclic) bond motifs is 2. The lowest BCUT2D eigenvalue weighted by molar-refractivity contribution is 0.0402. The van der Waals surface area contributed by atoms with Crippen LogP contribution in [0.15, 0.2) is 42.9 Å². The van der Waals surface area contributed by atoms with Crippen molar-refractivity contribution in [3.63, 3.8) is 0 Å². The van der Waals surface area contributed by atoms with E-state index in [1.54, 1.807) is 33.8 Å². The number of halogens is 1. The number of carbonyl (C=O) groups is 2. The summed E-state index contributed by atoms with van der Waals surface area (Å²) in [6, 6.07) is 6.62. The lowest BCUT2D eigenvalue weighted by Crippen LogP contribution is -2.32. The van der Waals surface area contributed by atoms with Crippen molar-refractivity contribution in [3.05, 3.63) is 65.8 Å². The van der Waals surface area contributed by atoms with Gasteiger partial charge in [-0.2, -0.15) is 0 Å². The van der Waals surface area contributed by atoms with E-state index in [4.69, 9.17) is 14.2 Å². The lowest BCUT2D eigenvalue weighted by Gasteiger charge is -2.22. The largest absolute Gasteiger partial charge is 0.484 e. The first-order valence-corrected chi connectivity index (χ1v) is 13.9. The molecule has 0 bridgehead atoms. The van der Waals surface area contributed by atoms with Crippen LogP contribution in [0.1, 0.15) is 42.6 Å². The molecule has 2 atom stereocenters. The van der Waals surface area contributed by atoms with Crippen LogP contribution in [0.5, 0.6) is 5.75 Å². The third-order valence-corrected chi connectivity index (χ3v) is 7.29. The van der Waals surface area contributed by atoms with Crippen molar-refractivity contribution in [2.24, 2.45) is 0 Å². The Morgan fingerprint density at radius 1 is 0.976 bits per heavy atom. The number of aromatic nitrogens is 5. The summed E-state index contributed by atoms with van der Waals surface area (Å²) in [6.07, 6.45) is 2.21. The molecule has 1 amide bonds. The second kappa shape index (κ2) is 12.0. The molecule has 0 aliphatic rings. The second-order valence-electron chi connectivity index (χ2n) is 9.50. The highest BCUT2D eigenvalue weighted by atomic mass is 32.1. The van der Waals surface area contributed by atoms with E-state index in [1.165, 1.54) is 36.0 Å². The number of nitrogens with one attached hydrogen (secondary N) is 1. The van der Waals surface area contributed by atoms with Crippen molar-refractivity contribution in [1.82, 2.24) is 24.9 Å². The maximum atomic E-state index is 15.1. The topological polar surface area (TPSA) is 138 Å². The van der Waals surface area contributed by atoms with E-state index in [9.17, 15) is 9.59 Å². The van der Waals surface area contributed by atoms with Crippen LogP contribution in [0.25, 0.3) is 31.8 Å². The first-order chi connectivity index (χ1) is 20.1. The third kappa shape index (κ3) is 6.25. The number of ether oxygens (including phenoxy) is 3. The minimum Gasteiger partial charge on any atom is -0.484 e. The van der Waals surface area contributed by atoms with Crippen LogP contribution < -0.4 is 10.1 Å². The Kier molecular flexibility index (Phi) is 8.20. The van der Waals surface area contributed by atoms with Crippen molar-refractivity contribution in [2.45, 2.75) is 46.8 Å². The molecule has 0 saturated carbocycles. The molecule has 3 aromatic heterocycles. The standard InChI is InChI=1S/C29H27FN6O5S/c1-6-39-28(37)23-13-33-26-19(7-14(2)8-22(26)35-23)27-36-21-9-20(30)24(10-25(21)42-27)40-15(3)16(4)41-29(38)34-18-11-31-17(5)32-12-18/h7-13,15-16H,6H2,1-5H3,(H,34,38)/t15-,16+/m0/s1. The molecule has 5 aromatic rings. The van der Waals surface area contributed by atoms with E-state index in [0.717, 1.165) is 5.56 Å². The molecule has 0 radical (unpaired) electrons. The number of carbonyl (C=O) groups excluding carboxylic acids is 2. The van der Waals surface area contributed by atoms with Gasteiger partial charge < -0.3 is 14.2 Å². The fourth-order valence-corrected chi connectivity index (χ4v) is 5.02. The van der Waals surface area contributed by atoms with E-state index in [-0.39, 0.29) is 18.1 Å². The number of esters is 1. The van der Waals surface area contributed by atoms with Gasteiger partial charge in [0.1, 0.15) is 23.0 Å². The zero-order chi connectivity index (χ0) is 30.0. The Hall–Kier alpha value is -4.78. The Labute approximate surface area is 244 Å². The first-order valence-electron chi connectivity index (χ1n) is 13.1. The van der Waals surface area contributed by atoms with E-state index < -0.39 is 30.1 Å². The zero-order valence-electron chi connectivity index (χ0n) is 23.5. The molecule has 5 rings (SSSR count). The van der Waals surface area contributed by atoms with Crippen molar-refractivity contribution in [3.8, 4) is 16.3 Å². The summed E-state index contributed by atoms with van der Waals surface area (Å²) in [5.74, 6) is -0.580. The van der Waals surface area contributed by atoms with Crippen LogP contribution in [0.4, 0.5) is 14.9 Å². The minimum atomic E-state index is -0.712. The molecule has 42 heavy (non-hydrogen) atoms. The highest BCUT2D eigenvalue weighted by Gasteiger charge is 2.22. The van der Waals surface area contributed by atoms with Gasteiger partial charge in [-0.1, -0.05) is 0 Å². The van der Waals surface area contributed by atoms with Crippen molar-refractivity contribution in [1.29, 1.82) is 0 Å². The van der Waals surface area contributed by atoms with Gasteiger partial charge >= 0.3 is 12.1 Å². The monoisotopic (exact) mass is 590 g/mol. The summed E-state index contributed by atoms with van der Waals surface area (Å²) < 4.78 is 32.0. The summed E-state index contributed by atoms with van der Waals surface area (Å²) in [7, 11) is 0. The molecule has 2 aromatic carbocycles. The van der Waals surface area contributed by atoms with Gasteiger partial charge in [0.2, 0.25) is 0 Å². The molecule has 11 nitrogen and oxygen atoms in total. The quantitative estimate of drug-likeness (QED) is 0.213. The maximum absolute atomic E-state index is 15.1. The molecule has 3 heterocycles. The molecular weight excluding hydrogens is 563 g/mol. The van der Waals surface area contributed by atoms with Crippen LogP contribution in [-0.4, -0.2) is 55.8 Å². The Morgan fingerprint density at radius 3 is 2.48 bits per heavy atom. The molecule has 0 spiro atoms. The summed E-state index contributed by atoms with van der Waals surface area (Å²) >= 11 is 1.34. The van der Waals surface area contributed by atoms with Gasteiger partial charge in [-0.05, 0) is 52.3 Å². The van der Waals surface area contributed by atoms with Crippen LogP contribution in [-0.2, 0) is 9.47 Å². The highest BCUT2D eigenvalue weighted by Crippen LogP contribution is 2.37. The van der Waals surface area contributed by atoms with Crippen molar-refractivity contribution in [2.75, 3.05) is 11.9 Å². The summed E-state index contributed by atoms with van der Waals surface area (Å²) in [6.45, 7) is 8.91. The van der Waals surface area contributed by atoms with Gasteiger partial charge in [0, 0.05) is 17.7 Å². The minimum absolute atomic E-state index is 0.000892. The van der Waals surface area contributed by atoms with Gasteiger partial charge in [-0.3, -0.25) is 10.3 Å². The van der Waals surface area contributed by atoms with E-state index in [0.29, 0.717) is 43.3 Å². The summed E-state index contributed by atoms with van der Waals surface area (Å²) in [5, 5.41) is 3.15. The molecular formula is C29H27FN6O5S. The number of anilines is 1. The predicted octanol–water partition coefficient (Wildman–Crippen LogP) is 6.03. The van der Waals surface area contributed by atoms with Gasteiger partial charge in [0.25, 0.3) is 0 Å². The van der Waals surface area contributed by atoms with Crippen LogP contribution in [0.3, 0.4) is 0 Å². The smallest absolute Gasteiger partial charge is 0.412 e. The molecule has 0 aliphatic heterocycles. The molecule has 0 fully saturated rings. The normalized spacial score (nSPS) is 12.6. The number of amides is 1. The third-order valence-electron chi connectivity index (χ3n) is 6.24. The van der Waals surface area contributed by atoms with Crippen molar-refractivity contribution >= 4 is 50.3 Å². The number of aryl methyl sites for hydroxylation is 2. The fraction of sp³-hybridized carbons (Fsp3) is 0.276. The van der Waals surface area contributed by atoms with Gasteiger partial charge in [0.05, 0.1) is 52.1 Å². The van der Waals surface area contributed by atoms with Gasteiger partial charge in [-0.25, -0.2) is 33.9 Å². The number of benzene rings is 2. The predicted molar refractivity (Wildman–Crippen MR) is 155 cm³/mol. The van der Waals surface area contributed by atoms with Crippen LogP contribution in [0, 0.1) is 19.7 Å². The average Bonchev–Trinajstić information content (AvgIpc) is 3.36. The first kappa shape index (κ1) is 28.7. The average molecular weight is 591 g/mol. The maximum Gasteiger partial charge on any atom is 0.412 e. The van der Waals surface area contributed by atoms with Gasteiger partial charge in [-0.15, -0.1) is 11.3 Å². The van der Waals surface area contributed by atoms with Crippen LogP contribution >= 0.6 is 11.3 Å². The molecule has 0 unspecified atom stereocenters. The molecule has 0 aliphatic carbocycles. The number of hydrogen-bond acceptors (Lipinski definition) is 11. The zero-order valence-corrected chi connectivity index (χ0v) is 24.3. The Bertz CT molecular complexity index is 1800. The summed E-state index contributed by atoms with van der Waals surface area (Å²) in [4.78, 5) is 46.0. The number of rotatable bonds is 8. The van der Waals surface area contributed by atoms with E-state index in [1.807, 2.05) is 19.1 Å². The molecule has 13 heteroatoms. The number of thiazole rings is 1. The lowest BCUT2D eigenvalue weighted by atomic mass is 10.1. The Morgan fingerprint density at radius 2 is 1.74 bits per heavy atom. The number of hydrogen-bond donors (Lipinski definition) is 1. The van der Waals surface area contributed by atoms with Crippen molar-refractivity contribution < 1.29 is 28.2 Å². The summed E-state index contributed by atoms with van der Waals surface area (Å²) in [5.41, 5.74) is 3.62. The fourth-order valence-electron chi connectivity index (χ4n) is 4.03. The number of nitrogens with zero attached hydrogens (tertiary/aromatic N) is 5. The second-order valence-corrected chi connectivity index (χ2v) is 10.5. The van der Waals surface area contributed by atoms with E-state index in [2.05, 4.69) is 30.2 Å². The molecule has 216 valence electrons. The van der Waals surface area contributed by atoms with Crippen LogP contribution in [0.2, 0.25) is 0 Å².